The van der Waals surface area contributed by atoms with Gasteiger partial charge in [-0.1, -0.05) is 12.1 Å². The fourth-order valence-corrected chi connectivity index (χ4v) is 4.40. The first-order valence-electron chi connectivity index (χ1n) is 7.20. The van der Waals surface area contributed by atoms with E-state index in [-0.39, 0.29) is 0 Å². The average molecular weight is 310 g/mol. The van der Waals surface area contributed by atoms with Gasteiger partial charge in [0.25, 0.3) is 0 Å². The minimum atomic E-state index is 0.527. The summed E-state index contributed by atoms with van der Waals surface area (Å²) >= 11 is 3.99. The largest absolute Gasteiger partial charge is 0.372 e. The Balaban J connectivity index is 1.55. The van der Waals surface area contributed by atoms with Crippen LogP contribution in [-0.4, -0.2) is 36.9 Å². The maximum Gasteiger partial charge on any atom is 0.0900 e. The molecule has 0 aliphatic carbocycles. The highest BCUT2D eigenvalue weighted by Gasteiger charge is 2.22. The van der Waals surface area contributed by atoms with Crippen molar-refractivity contribution in [2.24, 2.45) is 0 Å². The van der Waals surface area contributed by atoms with Crippen molar-refractivity contribution in [3.05, 3.63) is 34.4 Å². The van der Waals surface area contributed by atoms with Crippen molar-refractivity contribution in [3.8, 4) is 0 Å². The molecule has 110 valence electrons. The molecular weight excluding hydrogens is 288 g/mol. The Morgan fingerprint density at radius 1 is 0.900 bits per heavy atom. The standard InChI is InChI=1S/C16H22O2S2/c1-11-3-12(2)14(8-20-10-16-6-18-16)4-13(11)7-19-9-15-5-17-15/h3-4,15-16H,5-10H2,1-2H3. The summed E-state index contributed by atoms with van der Waals surface area (Å²) in [6, 6.07) is 4.75. The number of epoxide rings is 2. The van der Waals surface area contributed by atoms with Gasteiger partial charge in [0.05, 0.1) is 25.4 Å². The van der Waals surface area contributed by atoms with Crippen molar-refractivity contribution >= 4 is 23.5 Å². The summed E-state index contributed by atoms with van der Waals surface area (Å²) < 4.78 is 10.5. The normalized spacial score (nSPS) is 23.9. The highest BCUT2D eigenvalue weighted by Crippen LogP contribution is 2.27. The molecule has 4 heteroatoms. The Bertz CT molecular complexity index is 429. The molecule has 1 aromatic carbocycles. The lowest BCUT2D eigenvalue weighted by Crippen LogP contribution is -1.97. The first-order valence-corrected chi connectivity index (χ1v) is 9.51. The Morgan fingerprint density at radius 2 is 1.35 bits per heavy atom. The highest BCUT2D eigenvalue weighted by molar-refractivity contribution is 7.98. The van der Waals surface area contributed by atoms with Crippen LogP contribution in [0.4, 0.5) is 0 Å². The van der Waals surface area contributed by atoms with Crippen molar-refractivity contribution in [3.63, 3.8) is 0 Å². The number of benzene rings is 1. The predicted molar refractivity (Wildman–Crippen MR) is 87.7 cm³/mol. The first-order chi connectivity index (χ1) is 9.72. The lowest BCUT2D eigenvalue weighted by Gasteiger charge is -2.12. The van der Waals surface area contributed by atoms with Crippen LogP contribution < -0.4 is 0 Å². The Kier molecular flexibility index (Phi) is 4.97. The van der Waals surface area contributed by atoms with Crippen molar-refractivity contribution in [1.29, 1.82) is 0 Å². The summed E-state index contributed by atoms with van der Waals surface area (Å²) in [5.74, 6) is 4.48. The van der Waals surface area contributed by atoms with Gasteiger partial charge in [-0.05, 0) is 36.1 Å². The van der Waals surface area contributed by atoms with Crippen LogP contribution in [0.15, 0.2) is 12.1 Å². The molecule has 0 radical (unpaired) electrons. The van der Waals surface area contributed by atoms with E-state index < -0.39 is 0 Å². The lowest BCUT2D eigenvalue weighted by atomic mass is 10.0. The molecular formula is C16H22O2S2. The van der Waals surface area contributed by atoms with Gasteiger partial charge in [-0.3, -0.25) is 0 Å². The van der Waals surface area contributed by atoms with E-state index in [1.54, 1.807) is 0 Å². The average Bonchev–Trinajstić information content (AvgIpc) is 3.28. The number of ether oxygens (including phenoxy) is 2. The molecule has 0 spiro atoms. The summed E-state index contributed by atoms with van der Waals surface area (Å²) in [4.78, 5) is 0. The number of hydrogen-bond acceptors (Lipinski definition) is 4. The molecule has 0 bridgehead atoms. The minimum absolute atomic E-state index is 0.527. The lowest BCUT2D eigenvalue weighted by molar-refractivity contribution is 0.426. The fraction of sp³-hybridized carbons (Fsp3) is 0.625. The van der Waals surface area contributed by atoms with Gasteiger partial charge in [0, 0.05) is 23.0 Å². The number of hydrogen-bond donors (Lipinski definition) is 0. The van der Waals surface area contributed by atoms with Gasteiger partial charge in [-0.25, -0.2) is 0 Å². The van der Waals surface area contributed by atoms with Crippen LogP contribution in [0.1, 0.15) is 22.3 Å². The highest BCUT2D eigenvalue weighted by atomic mass is 32.2. The van der Waals surface area contributed by atoms with E-state index in [4.69, 9.17) is 9.47 Å². The molecule has 2 fully saturated rings. The summed E-state index contributed by atoms with van der Waals surface area (Å²) in [5.41, 5.74) is 5.82. The third-order valence-electron chi connectivity index (χ3n) is 3.72. The molecule has 2 aliphatic rings. The third kappa shape index (κ3) is 4.42. The van der Waals surface area contributed by atoms with Crippen LogP contribution in [0.5, 0.6) is 0 Å². The van der Waals surface area contributed by atoms with E-state index in [0.29, 0.717) is 12.2 Å². The SMILES string of the molecule is Cc1cc(C)c(CSCC2CO2)cc1CSCC1CO1. The fourth-order valence-electron chi connectivity index (χ4n) is 2.19. The monoisotopic (exact) mass is 310 g/mol. The van der Waals surface area contributed by atoms with Crippen molar-refractivity contribution in [1.82, 2.24) is 0 Å². The molecule has 0 saturated carbocycles. The predicted octanol–water partition coefficient (Wildman–Crippen LogP) is 3.57. The topological polar surface area (TPSA) is 25.1 Å². The molecule has 0 aromatic heterocycles. The number of thioether (sulfide) groups is 2. The summed E-state index contributed by atoms with van der Waals surface area (Å²) in [6.45, 7) is 6.38. The van der Waals surface area contributed by atoms with E-state index in [0.717, 1.165) is 36.2 Å². The second-order valence-corrected chi connectivity index (χ2v) is 7.71. The van der Waals surface area contributed by atoms with Crippen molar-refractivity contribution < 1.29 is 9.47 Å². The first kappa shape index (κ1) is 14.8. The third-order valence-corrected chi connectivity index (χ3v) is 5.97. The molecule has 3 rings (SSSR count). The van der Waals surface area contributed by atoms with Crippen LogP contribution in [0.25, 0.3) is 0 Å². The van der Waals surface area contributed by atoms with Gasteiger partial charge in [-0.2, -0.15) is 23.5 Å². The van der Waals surface area contributed by atoms with Gasteiger partial charge in [0.1, 0.15) is 0 Å². The van der Waals surface area contributed by atoms with Crippen LogP contribution in [-0.2, 0) is 21.0 Å². The molecule has 0 N–H and O–H groups in total. The van der Waals surface area contributed by atoms with Crippen molar-refractivity contribution in [2.45, 2.75) is 37.6 Å². The molecule has 2 aliphatic heterocycles. The van der Waals surface area contributed by atoms with Crippen LogP contribution >= 0.6 is 23.5 Å². The van der Waals surface area contributed by atoms with Gasteiger partial charge in [0.2, 0.25) is 0 Å². The van der Waals surface area contributed by atoms with E-state index >= 15 is 0 Å². The minimum Gasteiger partial charge on any atom is -0.372 e. The van der Waals surface area contributed by atoms with E-state index in [1.165, 1.54) is 22.3 Å². The van der Waals surface area contributed by atoms with Gasteiger partial charge >= 0.3 is 0 Å². The van der Waals surface area contributed by atoms with Crippen LogP contribution in [0, 0.1) is 13.8 Å². The Hall–Kier alpha value is -0.160. The van der Waals surface area contributed by atoms with Crippen LogP contribution in [0.3, 0.4) is 0 Å². The second kappa shape index (κ2) is 6.73. The molecule has 2 nitrogen and oxygen atoms in total. The van der Waals surface area contributed by atoms with Crippen LogP contribution in [0.2, 0.25) is 0 Å². The maximum absolute atomic E-state index is 5.26. The molecule has 2 heterocycles. The zero-order valence-electron chi connectivity index (χ0n) is 12.2. The summed E-state index contributed by atoms with van der Waals surface area (Å²) in [7, 11) is 0. The Morgan fingerprint density at radius 3 is 1.75 bits per heavy atom. The quantitative estimate of drug-likeness (QED) is 0.685. The Labute approximate surface area is 130 Å². The smallest absolute Gasteiger partial charge is 0.0900 e. The maximum atomic E-state index is 5.26. The summed E-state index contributed by atoms with van der Waals surface area (Å²) in [6.07, 6.45) is 1.05. The number of aryl methyl sites for hydroxylation is 2. The molecule has 20 heavy (non-hydrogen) atoms. The van der Waals surface area contributed by atoms with E-state index in [1.807, 2.05) is 23.5 Å². The van der Waals surface area contributed by atoms with Gasteiger partial charge < -0.3 is 9.47 Å². The molecule has 2 atom stereocenters. The second-order valence-electron chi connectivity index (χ2n) is 5.65. The van der Waals surface area contributed by atoms with Gasteiger partial charge in [0.15, 0.2) is 0 Å². The molecule has 0 amide bonds. The molecule has 2 unspecified atom stereocenters. The zero-order chi connectivity index (χ0) is 13.9. The zero-order valence-corrected chi connectivity index (χ0v) is 13.8. The van der Waals surface area contributed by atoms with Crippen molar-refractivity contribution in [2.75, 3.05) is 24.7 Å². The van der Waals surface area contributed by atoms with E-state index in [9.17, 15) is 0 Å². The molecule has 2 saturated heterocycles. The van der Waals surface area contributed by atoms with E-state index in [2.05, 4.69) is 26.0 Å². The van der Waals surface area contributed by atoms with Gasteiger partial charge in [-0.15, -0.1) is 0 Å². The molecule has 1 aromatic rings. The number of rotatable bonds is 8. The summed E-state index contributed by atoms with van der Waals surface area (Å²) in [5, 5.41) is 0.